The van der Waals surface area contributed by atoms with Crippen molar-refractivity contribution in [3.8, 4) is 0 Å². The minimum absolute atomic E-state index is 0.0363. The highest BCUT2D eigenvalue weighted by atomic mass is 32.2. The third kappa shape index (κ3) is 6.92. The van der Waals surface area contributed by atoms with Gasteiger partial charge in [0.1, 0.15) is 0 Å². The molecule has 2 aromatic carbocycles. The van der Waals surface area contributed by atoms with Gasteiger partial charge in [0, 0.05) is 89.8 Å². The zero-order chi connectivity index (χ0) is 29.9. The number of guanidine groups is 1. The summed E-state index contributed by atoms with van der Waals surface area (Å²) in [6, 6.07) is 11.7. The van der Waals surface area contributed by atoms with Crippen LogP contribution in [0.4, 0.5) is 0 Å². The molecule has 0 bridgehead atoms. The van der Waals surface area contributed by atoms with Crippen molar-refractivity contribution < 1.29 is 18.0 Å². The topological polar surface area (TPSA) is 158 Å². The predicted octanol–water partition coefficient (Wildman–Crippen LogP) is 0.934. The Bertz CT molecular complexity index is 1430. The molecule has 4 rings (SSSR count). The summed E-state index contributed by atoms with van der Waals surface area (Å²) >= 11 is 0. The van der Waals surface area contributed by atoms with Gasteiger partial charge in [-0.3, -0.25) is 19.9 Å². The minimum Gasteiger partial charge on any atom is -0.370 e. The SMILES string of the molecule is CC(=N)c1ccc(C(=O)N2CCN(C(=O)c3cc(CN4CCN(C(=N)N)CC4)cc(S(=O)(=O)N(C)C)c3)CC2)cc1. The van der Waals surface area contributed by atoms with Crippen molar-refractivity contribution in [3.63, 3.8) is 0 Å². The molecule has 2 amide bonds. The number of carbonyl (C=O) groups excluding carboxylic acids is 2. The molecule has 13 heteroatoms. The molecule has 0 atom stereocenters. The van der Waals surface area contributed by atoms with E-state index in [1.165, 1.54) is 20.2 Å². The van der Waals surface area contributed by atoms with Crippen molar-refractivity contribution in [1.29, 1.82) is 10.8 Å². The molecule has 0 unspecified atom stereocenters. The lowest BCUT2D eigenvalue weighted by molar-refractivity contribution is 0.0535. The van der Waals surface area contributed by atoms with E-state index in [0.717, 1.165) is 9.87 Å². The van der Waals surface area contributed by atoms with Crippen LogP contribution < -0.4 is 5.73 Å². The summed E-state index contributed by atoms with van der Waals surface area (Å²) in [6.45, 7) is 6.06. The summed E-state index contributed by atoms with van der Waals surface area (Å²) in [5.74, 6) is -0.368. The van der Waals surface area contributed by atoms with Crippen LogP contribution in [0.3, 0.4) is 0 Å². The molecule has 0 aliphatic carbocycles. The van der Waals surface area contributed by atoms with E-state index in [9.17, 15) is 18.0 Å². The van der Waals surface area contributed by atoms with Crippen LogP contribution in [0.5, 0.6) is 0 Å². The molecule has 0 radical (unpaired) electrons. The van der Waals surface area contributed by atoms with Gasteiger partial charge in [-0.1, -0.05) is 12.1 Å². The summed E-state index contributed by atoms with van der Waals surface area (Å²) in [7, 11) is -0.863. The molecule has 2 saturated heterocycles. The molecule has 41 heavy (non-hydrogen) atoms. The third-order valence-electron chi connectivity index (χ3n) is 7.53. The monoisotopic (exact) mass is 582 g/mol. The molecule has 2 fully saturated rings. The largest absolute Gasteiger partial charge is 0.370 e. The number of amides is 2. The fourth-order valence-electron chi connectivity index (χ4n) is 4.98. The molecule has 2 aliphatic rings. The first-order chi connectivity index (χ1) is 19.4. The summed E-state index contributed by atoms with van der Waals surface area (Å²) in [5, 5.41) is 15.4. The second kappa shape index (κ2) is 12.4. The van der Waals surface area contributed by atoms with Gasteiger partial charge in [-0.2, -0.15) is 0 Å². The van der Waals surface area contributed by atoms with Gasteiger partial charge >= 0.3 is 0 Å². The van der Waals surface area contributed by atoms with Crippen LogP contribution >= 0.6 is 0 Å². The molecular formula is C28H38N8O4S. The van der Waals surface area contributed by atoms with Gasteiger partial charge in [0.05, 0.1) is 4.90 Å². The van der Waals surface area contributed by atoms with Gasteiger partial charge in [-0.25, -0.2) is 12.7 Å². The average Bonchev–Trinajstić information content (AvgIpc) is 2.96. The lowest BCUT2D eigenvalue weighted by Crippen LogP contribution is -2.50. The summed E-state index contributed by atoms with van der Waals surface area (Å²) < 4.78 is 27.2. The zero-order valence-electron chi connectivity index (χ0n) is 23.8. The zero-order valence-corrected chi connectivity index (χ0v) is 24.6. The van der Waals surface area contributed by atoms with E-state index < -0.39 is 10.0 Å². The summed E-state index contributed by atoms with van der Waals surface area (Å²) in [6.07, 6.45) is 0. The Labute approximate surface area is 241 Å². The molecule has 0 spiro atoms. The van der Waals surface area contributed by atoms with E-state index >= 15 is 0 Å². The summed E-state index contributed by atoms with van der Waals surface area (Å²) in [5.41, 5.74) is 8.33. The van der Waals surface area contributed by atoms with Crippen LogP contribution in [0.2, 0.25) is 0 Å². The lowest BCUT2D eigenvalue weighted by atomic mass is 10.1. The van der Waals surface area contributed by atoms with Crippen molar-refractivity contribution in [3.05, 3.63) is 64.7 Å². The van der Waals surface area contributed by atoms with E-state index in [1.54, 1.807) is 58.0 Å². The van der Waals surface area contributed by atoms with Crippen molar-refractivity contribution in [1.82, 2.24) is 23.9 Å². The molecule has 0 aromatic heterocycles. The van der Waals surface area contributed by atoms with Crippen LogP contribution in [0.1, 0.15) is 38.8 Å². The molecular weight excluding hydrogens is 544 g/mol. The van der Waals surface area contributed by atoms with E-state index in [4.69, 9.17) is 16.6 Å². The second-order valence-corrected chi connectivity index (χ2v) is 12.7. The number of nitrogens with zero attached hydrogens (tertiary/aromatic N) is 5. The van der Waals surface area contributed by atoms with Crippen molar-refractivity contribution in [2.24, 2.45) is 5.73 Å². The van der Waals surface area contributed by atoms with Crippen molar-refractivity contribution >= 4 is 33.5 Å². The third-order valence-corrected chi connectivity index (χ3v) is 9.32. The van der Waals surface area contributed by atoms with Gasteiger partial charge in [-0.15, -0.1) is 0 Å². The highest BCUT2D eigenvalue weighted by Crippen LogP contribution is 2.22. The normalized spacial score (nSPS) is 16.6. The lowest BCUT2D eigenvalue weighted by Gasteiger charge is -2.35. The number of nitrogens with two attached hydrogens (primary N) is 1. The highest BCUT2D eigenvalue weighted by molar-refractivity contribution is 7.89. The standard InChI is InChI=1S/C28H38N8O4S/c1-20(29)22-4-6-23(7-5-22)26(37)34-12-14-35(15-13-34)27(38)24-16-21(17-25(18-24)41(39,40)32(2)3)19-33-8-10-36(11-9-33)28(30)31/h4-7,16-18,29H,8-15,19H2,1-3H3,(H3,30,31). The van der Waals surface area contributed by atoms with Crippen LogP contribution in [0.15, 0.2) is 47.4 Å². The molecule has 0 saturated carbocycles. The number of nitrogens with one attached hydrogen (secondary N) is 2. The van der Waals surface area contributed by atoms with Crippen LogP contribution in [0.25, 0.3) is 0 Å². The number of sulfonamides is 1. The Kier molecular flexibility index (Phi) is 9.10. The van der Waals surface area contributed by atoms with Gasteiger partial charge in [-0.05, 0) is 48.4 Å². The van der Waals surface area contributed by atoms with E-state index in [2.05, 4.69) is 4.90 Å². The molecule has 12 nitrogen and oxygen atoms in total. The highest BCUT2D eigenvalue weighted by Gasteiger charge is 2.28. The predicted molar refractivity (Wildman–Crippen MR) is 157 cm³/mol. The Morgan fingerprint density at radius 2 is 1.27 bits per heavy atom. The molecule has 220 valence electrons. The van der Waals surface area contributed by atoms with Gasteiger partial charge in [0.15, 0.2) is 5.96 Å². The fourth-order valence-corrected chi connectivity index (χ4v) is 5.98. The van der Waals surface area contributed by atoms with Gasteiger partial charge in [0.25, 0.3) is 11.8 Å². The molecule has 4 N–H and O–H groups in total. The average molecular weight is 583 g/mol. The minimum atomic E-state index is -3.78. The Balaban J connectivity index is 1.48. The Hall–Kier alpha value is -3.81. The molecule has 2 aromatic rings. The molecule has 2 heterocycles. The van der Waals surface area contributed by atoms with Crippen LogP contribution in [0, 0.1) is 10.8 Å². The van der Waals surface area contributed by atoms with Crippen LogP contribution in [-0.4, -0.2) is 122 Å². The van der Waals surface area contributed by atoms with Crippen molar-refractivity contribution in [2.45, 2.75) is 18.4 Å². The smallest absolute Gasteiger partial charge is 0.254 e. The maximum absolute atomic E-state index is 13.6. The first-order valence-corrected chi connectivity index (χ1v) is 14.9. The maximum atomic E-state index is 13.6. The van der Waals surface area contributed by atoms with E-state index in [0.29, 0.717) is 81.3 Å². The van der Waals surface area contributed by atoms with E-state index in [1.807, 2.05) is 0 Å². The van der Waals surface area contributed by atoms with Gasteiger partial charge < -0.3 is 25.8 Å². The first kappa shape index (κ1) is 30.2. The number of piperazine rings is 2. The van der Waals surface area contributed by atoms with Crippen molar-refractivity contribution in [2.75, 3.05) is 66.5 Å². The molecule has 2 aliphatic heterocycles. The quantitative estimate of drug-likeness (QED) is 0.324. The summed E-state index contributed by atoms with van der Waals surface area (Å²) in [4.78, 5) is 34.0. The number of hydrogen-bond donors (Lipinski definition) is 3. The maximum Gasteiger partial charge on any atom is 0.254 e. The Morgan fingerprint density at radius 1 is 0.780 bits per heavy atom. The van der Waals surface area contributed by atoms with Crippen LogP contribution in [-0.2, 0) is 16.6 Å². The second-order valence-electron chi connectivity index (χ2n) is 10.6. The first-order valence-electron chi connectivity index (χ1n) is 13.5. The number of benzene rings is 2. The van der Waals surface area contributed by atoms with E-state index in [-0.39, 0.29) is 22.7 Å². The number of rotatable bonds is 7. The van der Waals surface area contributed by atoms with Gasteiger partial charge in [0.2, 0.25) is 10.0 Å². The fraction of sp³-hybridized carbons (Fsp3) is 0.429. The Morgan fingerprint density at radius 3 is 1.76 bits per heavy atom. The number of hydrogen-bond acceptors (Lipinski definition) is 7. The number of carbonyl (C=O) groups is 2.